The number of rotatable bonds is 4. The monoisotopic (exact) mass is 436 g/mol. The zero-order valence-electron chi connectivity index (χ0n) is 17.6. The van der Waals surface area contributed by atoms with Crippen molar-refractivity contribution in [3.05, 3.63) is 59.9 Å². The van der Waals surface area contributed by atoms with Gasteiger partial charge in [0.15, 0.2) is 0 Å². The van der Waals surface area contributed by atoms with Crippen molar-refractivity contribution < 1.29 is 27.8 Å². The molecule has 1 aliphatic carbocycles. The van der Waals surface area contributed by atoms with E-state index in [1.165, 1.54) is 18.2 Å². The fourth-order valence-corrected chi connectivity index (χ4v) is 2.79. The van der Waals surface area contributed by atoms with Crippen LogP contribution in [0.2, 0.25) is 0 Å². The van der Waals surface area contributed by atoms with Gasteiger partial charge in [-0.05, 0) is 61.2 Å². The molecule has 3 N–H and O–H groups in total. The summed E-state index contributed by atoms with van der Waals surface area (Å²) in [5.41, 5.74) is 1.58. The molecule has 1 aliphatic rings. The number of nitrogens with one attached hydrogen (secondary N) is 2. The number of halogens is 3. The first-order chi connectivity index (χ1) is 15.0. The maximum absolute atomic E-state index is 13.5. The van der Waals surface area contributed by atoms with Gasteiger partial charge < -0.3 is 20.1 Å². The quantitative estimate of drug-likeness (QED) is 0.503. The third kappa shape index (κ3) is 7.03. The first-order valence-corrected chi connectivity index (χ1v) is 10.3. The number of aliphatic hydroxyl groups excluding tert-OH is 1. The van der Waals surface area contributed by atoms with E-state index in [9.17, 15) is 18.0 Å². The molecule has 0 unspecified atom stereocenters. The van der Waals surface area contributed by atoms with E-state index in [1.807, 2.05) is 13.8 Å². The fraction of sp³-hybridized carbons (Fsp3) is 0.348. The Morgan fingerprint density at radius 1 is 1.10 bits per heavy atom. The van der Waals surface area contributed by atoms with Crippen LogP contribution in [-0.4, -0.2) is 35.4 Å². The minimum absolute atomic E-state index is 0.0419. The SMILES string of the molecule is CC.Fc1ccc(-c2cc3cc(F)cc(F)c3[nH]2)cc1.O=C(NCCO)OC1CCC1. The zero-order valence-corrected chi connectivity index (χ0v) is 17.6. The van der Waals surface area contributed by atoms with Crippen molar-refractivity contribution in [1.29, 1.82) is 0 Å². The van der Waals surface area contributed by atoms with Crippen LogP contribution in [0.5, 0.6) is 0 Å². The lowest BCUT2D eigenvalue weighted by molar-refractivity contribution is 0.0517. The number of aliphatic hydroxyl groups is 1. The number of ether oxygens (including phenoxy) is 1. The van der Waals surface area contributed by atoms with Crippen LogP contribution < -0.4 is 5.32 Å². The van der Waals surface area contributed by atoms with Crippen molar-refractivity contribution in [1.82, 2.24) is 10.3 Å². The van der Waals surface area contributed by atoms with Crippen molar-refractivity contribution in [2.24, 2.45) is 0 Å². The first kappa shape index (κ1) is 24.3. The molecule has 1 aromatic heterocycles. The summed E-state index contributed by atoms with van der Waals surface area (Å²) in [5.74, 6) is -1.60. The van der Waals surface area contributed by atoms with E-state index >= 15 is 0 Å². The largest absolute Gasteiger partial charge is 0.446 e. The summed E-state index contributed by atoms with van der Waals surface area (Å²) in [4.78, 5) is 13.6. The molecule has 5 nitrogen and oxygen atoms in total. The lowest BCUT2D eigenvalue weighted by Gasteiger charge is -2.24. The summed E-state index contributed by atoms with van der Waals surface area (Å²) in [7, 11) is 0. The number of aromatic nitrogens is 1. The van der Waals surface area contributed by atoms with Crippen molar-refractivity contribution in [3.8, 4) is 11.3 Å². The Balaban J connectivity index is 0.000000226. The Labute approximate surface area is 179 Å². The molecule has 0 atom stereocenters. The molecular formula is C23H27F3N2O3. The second kappa shape index (κ2) is 12.0. The number of hydrogen-bond donors (Lipinski definition) is 3. The predicted molar refractivity (Wildman–Crippen MR) is 114 cm³/mol. The highest BCUT2D eigenvalue weighted by atomic mass is 19.1. The molecule has 1 amide bonds. The molecule has 31 heavy (non-hydrogen) atoms. The molecule has 4 rings (SSSR count). The minimum atomic E-state index is -0.640. The number of alkyl carbamates (subject to hydrolysis) is 1. The smallest absolute Gasteiger partial charge is 0.407 e. The average Bonchev–Trinajstić information content (AvgIpc) is 3.16. The normalized spacial score (nSPS) is 12.7. The Bertz CT molecular complexity index is 970. The lowest BCUT2D eigenvalue weighted by Crippen LogP contribution is -2.33. The second-order valence-corrected chi connectivity index (χ2v) is 6.65. The summed E-state index contributed by atoms with van der Waals surface area (Å²) >= 11 is 0. The number of benzene rings is 2. The molecule has 1 saturated carbocycles. The summed E-state index contributed by atoms with van der Waals surface area (Å²) < 4.78 is 44.3. The maximum Gasteiger partial charge on any atom is 0.407 e. The lowest BCUT2D eigenvalue weighted by atomic mass is 9.96. The highest BCUT2D eigenvalue weighted by molar-refractivity contribution is 5.86. The molecule has 0 radical (unpaired) electrons. The molecule has 1 heterocycles. The van der Waals surface area contributed by atoms with Gasteiger partial charge in [0.05, 0.1) is 12.1 Å². The van der Waals surface area contributed by atoms with Gasteiger partial charge in [0, 0.05) is 23.7 Å². The number of carbonyl (C=O) groups excluding carboxylic acids is 1. The van der Waals surface area contributed by atoms with Gasteiger partial charge >= 0.3 is 6.09 Å². The topological polar surface area (TPSA) is 74.4 Å². The second-order valence-electron chi connectivity index (χ2n) is 6.65. The number of carbonyl (C=O) groups is 1. The predicted octanol–water partition coefficient (Wildman–Crippen LogP) is 5.54. The zero-order chi connectivity index (χ0) is 22.8. The highest BCUT2D eigenvalue weighted by Crippen LogP contribution is 2.26. The minimum Gasteiger partial charge on any atom is -0.446 e. The Hall–Kier alpha value is -3.00. The number of amides is 1. The van der Waals surface area contributed by atoms with E-state index in [-0.39, 0.29) is 30.6 Å². The third-order valence-electron chi connectivity index (χ3n) is 4.51. The van der Waals surface area contributed by atoms with Crippen molar-refractivity contribution in [2.75, 3.05) is 13.2 Å². The summed E-state index contributed by atoms with van der Waals surface area (Å²) in [6, 6.07) is 9.50. The van der Waals surface area contributed by atoms with Crippen LogP contribution in [0, 0.1) is 17.5 Å². The molecule has 1 fully saturated rings. The van der Waals surface area contributed by atoms with Crippen molar-refractivity contribution >= 4 is 17.0 Å². The molecule has 2 aromatic carbocycles. The van der Waals surface area contributed by atoms with E-state index < -0.39 is 17.7 Å². The van der Waals surface area contributed by atoms with Crippen LogP contribution in [-0.2, 0) is 4.74 Å². The number of hydrogen-bond acceptors (Lipinski definition) is 3. The van der Waals surface area contributed by atoms with Crippen LogP contribution in [0.1, 0.15) is 33.1 Å². The van der Waals surface area contributed by atoms with Crippen LogP contribution in [0.15, 0.2) is 42.5 Å². The van der Waals surface area contributed by atoms with Gasteiger partial charge in [-0.25, -0.2) is 18.0 Å². The molecule has 0 bridgehead atoms. The van der Waals surface area contributed by atoms with E-state index in [1.54, 1.807) is 18.2 Å². The molecule has 0 aliphatic heterocycles. The molecule has 8 heteroatoms. The van der Waals surface area contributed by atoms with Gasteiger partial charge in [0.2, 0.25) is 0 Å². The Morgan fingerprint density at radius 3 is 2.35 bits per heavy atom. The highest BCUT2D eigenvalue weighted by Gasteiger charge is 2.21. The number of aromatic amines is 1. The molecule has 0 saturated heterocycles. The van der Waals surface area contributed by atoms with E-state index in [2.05, 4.69) is 10.3 Å². The van der Waals surface area contributed by atoms with Crippen LogP contribution >= 0.6 is 0 Å². The summed E-state index contributed by atoms with van der Waals surface area (Å²) in [6.45, 7) is 4.23. The van der Waals surface area contributed by atoms with E-state index in [0.29, 0.717) is 16.6 Å². The fourth-order valence-electron chi connectivity index (χ4n) is 2.79. The van der Waals surface area contributed by atoms with E-state index in [0.717, 1.165) is 25.3 Å². The molecule has 3 aromatic rings. The molecular weight excluding hydrogens is 409 g/mol. The van der Waals surface area contributed by atoms with Gasteiger partial charge in [-0.3, -0.25) is 0 Å². The Morgan fingerprint density at radius 2 is 1.77 bits per heavy atom. The number of fused-ring (bicyclic) bond motifs is 1. The molecule has 168 valence electrons. The van der Waals surface area contributed by atoms with Gasteiger partial charge in [0.25, 0.3) is 0 Å². The van der Waals surface area contributed by atoms with Crippen molar-refractivity contribution in [3.63, 3.8) is 0 Å². The van der Waals surface area contributed by atoms with Crippen LogP contribution in [0.25, 0.3) is 22.2 Å². The Kier molecular flexibility index (Phi) is 9.40. The van der Waals surface area contributed by atoms with Gasteiger partial charge in [-0.2, -0.15) is 0 Å². The van der Waals surface area contributed by atoms with E-state index in [4.69, 9.17) is 9.84 Å². The van der Waals surface area contributed by atoms with Crippen LogP contribution in [0.3, 0.4) is 0 Å². The third-order valence-corrected chi connectivity index (χ3v) is 4.51. The number of H-pyrrole nitrogens is 1. The van der Waals surface area contributed by atoms with Gasteiger partial charge in [0.1, 0.15) is 23.6 Å². The maximum atomic E-state index is 13.5. The van der Waals surface area contributed by atoms with Gasteiger partial charge in [-0.15, -0.1) is 0 Å². The standard InChI is InChI=1S/C14H8F3N.C7H13NO3.C2H6/c15-10-3-1-8(2-4-10)13-6-9-5-11(16)7-12(17)14(9)18-13;9-5-4-8-7(10)11-6-2-1-3-6;1-2/h1-7,18H;6,9H,1-5H2,(H,8,10);1-2H3. The van der Waals surface area contributed by atoms with Crippen LogP contribution in [0.4, 0.5) is 18.0 Å². The van der Waals surface area contributed by atoms with Crippen molar-refractivity contribution in [2.45, 2.75) is 39.2 Å². The summed E-state index contributed by atoms with van der Waals surface area (Å²) in [6.07, 6.45) is 2.81. The first-order valence-electron chi connectivity index (χ1n) is 10.3. The average molecular weight is 436 g/mol. The summed E-state index contributed by atoms with van der Waals surface area (Å²) in [5, 5.41) is 11.2. The van der Waals surface area contributed by atoms with Gasteiger partial charge in [-0.1, -0.05) is 13.8 Å². The molecule has 0 spiro atoms.